The Bertz CT molecular complexity index is 760. The molecule has 0 aliphatic heterocycles. The minimum absolute atomic E-state index is 0.103. The van der Waals surface area contributed by atoms with Gasteiger partial charge in [-0.15, -0.1) is 0 Å². The number of phenols is 1. The van der Waals surface area contributed by atoms with E-state index in [0.29, 0.717) is 0 Å². The third kappa shape index (κ3) is 4.64. The zero-order valence-corrected chi connectivity index (χ0v) is 17.0. The maximum atomic E-state index is 13.2. The predicted molar refractivity (Wildman–Crippen MR) is 112 cm³/mol. The van der Waals surface area contributed by atoms with Crippen molar-refractivity contribution in [3.05, 3.63) is 48.1 Å². The summed E-state index contributed by atoms with van der Waals surface area (Å²) in [5, 5.41) is 20.1. The number of hydrogen-bond donors (Lipinski definition) is 2. The molecule has 2 N–H and O–H groups in total. The molecule has 0 spiro atoms. The Morgan fingerprint density at radius 1 is 1.11 bits per heavy atom. The molecule has 1 aromatic carbocycles. The number of unbranched alkanes of at least 4 members (excludes halogenated alkanes) is 2. The molecule has 2 rings (SSSR count). The Hall–Kier alpha value is -2.56. The lowest BCUT2D eigenvalue weighted by atomic mass is 9.69. The largest absolute Gasteiger partial charge is 0.507 e. The van der Waals surface area contributed by atoms with Gasteiger partial charge in [0.05, 0.1) is 16.9 Å². The molecule has 2 atom stereocenters. The number of rotatable bonds is 10. The quantitative estimate of drug-likeness (QED) is 0.565. The highest BCUT2D eigenvalue weighted by molar-refractivity contribution is 6.06. The van der Waals surface area contributed by atoms with E-state index in [-0.39, 0.29) is 11.3 Å². The molecule has 0 amide bonds. The summed E-state index contributed by atoms with van der Waals surface area (Å²) in [5.41, 5.74) is -0.192. The zero-order valence-electron chi connectivity index (χ0n) is 17.0. The van der Waals surface area contributed by atoms with Gasteiger partial charge in [0.25, 0.3) is 0 Å². The van der Waals surface area contributed by atoms with Crippen LogP contribution in [-0.2, 0) is 4.79 Å². The lowest BCUT2D eigenvalue weighted by Gasteiger charge is -2.31. The van der Waals surface area contributed by atoms with Gasteiger partial charge in [0.15, 0.2) is 5.78 Å². The Balaban J connectivity index is 2.32. The van der Waals surface area contributed by atoms with Crippen LogP contribution in [0, 0.1) is 11.3 Å². The van der Waals surface area contributed by atoms with E-state index in [0.717, 1.165) is 44.5 Å². The smallest absolute Gasteiger partial charge is 0.311 e. The number of aromatic hydroxyl groups is 1. The Morgan fingerprint density at radius 3 is 2.29 bits per heavy atom. The Morgan fingerprint density at radius 2 is 1.75 bits per heavy atom. The summed E-state index contributed by atoms with van der Waals surface area (Å²) in [5.74, 6) is -2.51. The summed E-state index contributed by atoms with van der Waals surface area (Å²) in [7, 11) is 0. The molecule has 0 fully saturated rings. The molecule has 0 bridgehead atoms. The summed E-state index contributed by atoms with van der Waals surface area (Å²) in [6.45, 7) is 7.69. The molecule has 152 valence electrons. The SMILES string of the molecule is CCCCN(CCCC)c1ccc(C(=O)C2(C)C=CC=CC2C(=O)O)c(O)c1. The second-order valence-corrected chi connectivity index (χ2v) is 7.57. The first-order valence-electron chi connectivity index (χ1n) is 10.1. The number of nitrogens with zero attached hydrogens (tertiary/aromatic N) is 1. The molecule has 0 heterocycles. The van der Waals surface area contributed by atoms with E-state index in [1.54, 1.807) is 37.3 Å². The summed E-state index contributed by atoms with van der Waals surface area (Å²) < 4.78 is 0. The van der Waals surface area contributed by atoms with Gasteiger partial charge in [0.1, 0.15) is 5.75 Å². The van der Waals surface area contributed by atoms with Crippen LogP contribution in [0.15, 0.2) is 42.5 Å². The number of anilines is 1. The molecular formula is C23H31NO4. The molecule has 28 heavy (non-hydrogen) atoms. The second-order valence-electron chi connectivity index (χ2n) is 7.57. The number of aliphatic carboxylic acids is 1. The number of hydrogen-bond acceptors (Lipinski definition) is 4. The first-order chi connectivity index (χ1) is 13.3. The van der Waals surface area contributed by atoms with Crippen LogP contribution < -0.4 is 4.90 Å². The van der Waals surface area contributed by atoms with Gasteiger partial charge >= 0.3 is 5.97 Å². The van der Waals surface area contributed by atoms with Crippen LogP contribution in [0.4, 0.5) is 5.69 Å². The van der Waals surface area contributed by atoms with E-state index in [1.165, 1.54) is 6.08 Å². The number of carboxylic acids is 1. The number of ketones is 1. The highest BCUT2D eigenvalue weighted by atomic mass is 16.4. The highest BCUT2D eigenvalue weighted by Gasteiger charge is 2.44. The van der Waals surface area contributed by atoms with Crippen molar-refractivity contribution in [3.8, 4) is 5.75 Å². The summed E-state index contributed by atoms with van der Waals surface area (Å²) in [4.78, 5) is 27.0. The van der Waals surface area contributed by atoms with Gasteiger partial charge in [-0.05, 0) is 31.9 Å². The van der Waals surface area contributed by atoms with Crippen LogP contribution in [0.3, 0.4) is 0 Å². The van der Waals surface area contributed by atoms with Crippen LogP contribution >= 0.6 is 0 Å². The van der Waals surface area contributed by atoms with Crippen LogP contribution in [0.25, 0.3) is 0 Å². The fourth-order valence-corrected chi connectivity index (χ4v) is 3.56. The fraction of sp³-hybridized carbons (Fsp3) is 0.478. The Kier molecular flexibility index (Phi) is 7.44. The molecule has 0 saturated carbocycles. The van der Waals surface area contributed by atoms with Crippen molar-refractivity contribution < 1.29 is 19.8 Å². The molecular weight excluding hydrogens is 354 g/mol. The van der Waals surface area contributed by atoms with Crippen LogP contribution in [0.2, 0.25) is 0 Å². The molecule has 1 aliphatic rings. The summed E-state index contributed by atoms with van der Waals surface area (Å²) in [6, 6.07) is 5.09. The predicted octanol–water partition coefficient (Wildman–Crippen LogP) is 4.81. The topological polar surface area (TPSA) is 77.8 Å². The monoisotopic (exact) mass is 385 g/mol. The first-order valence-corrected chi connectivity index (χ1v) is 10.1. The van der Waals surface area contributed by atoms with E-state index in [2.05, 4.69) is 18.7 Å². The van der Waals surface area contributed by atoms with Gasteiger partial charge < -0.3 is 15.1 Å². The minimum Gasteiger partial charge on any atom is -0.507 e. The van der Waals surface area contributed by atoms with Crippen molar-refractivity contribution in [1.82, 2.24) is 0 Å². The first kappa shape index (κ1) is 21.7. The summed E-state index contributed by atoms with van der Waals surface area (Å²) in [6.07, 6.45) is 10.7. The third-order valence-corrected chi connectivity index (χ3v) is 5.41. The average molecular weight is 386 g/mol. The maximum absolute atomic E-state index is 13.2. The normalized spacial score (nSPS) is 20.9. The van der Waals surface area contributed by atoms with E-state index < -0.39 is 23.1 Å². The van der Waals surface area contributed by atoms with Crippen molar-refractivity contribution in [2.45, 2.75) is 46.5 Å². The molecule has 0 aromatic heterocycles. The van der Waals surface area contributed by atoms with Gasteiger partial charge in [0, 0.05) is 24.8 Å². The van der Waals surface area contributed by atoms with Crippen molar-refractivity contribution in [2.24, 2.45) is 11.3 Å². The van der Waals surface area contributed by atoms with Crippen molar-refractivity contribution in [1.29, 1.82) is 0 Å². The average Bonchev–Trinajstić information content (AvgIpc) is 2.67. The molecule has 5 heteroatoms. The van der Waals surface area contributed by atoms with E-state index in [4.69, 9.17) is 0 Å². The van der Waals surface area contributed by atoms with Gasteiger partial charge in [0.2, 0.25) is 0 Å². The number of carbonyl (C=O) groups is 2. The lowest BCUT2D eigenvalue weighted by molar-refractivity contribution is -0.142. The van der Waals surface area contributed by atoms with Crippen molar-refractivity contribution in [2.75, 3.05) is 18.0 Å². The van der Waals surface area contributed by atoms with E-state index in [1.807, 2.05) is 6.07 Å². The molecule has 1 aliphatic carbocycles. The van der Waals surface area contributed by atoms with Gasteiger partial charge in [-0.1, -0.05) is 51.0 Å². The number of benzene rings is 1. The van der Waals surface area contributed by atoms with Gasteiger partial charge in [-0.3, -0.25) is 9.59 Å². The molecule has 2 unspecified atom stereocenters. The molecule has 0 radical (unpaired) electrons. The number of phenolic OH excluding ortho intramolecular Hbond substituents is 1. The zero-order chi connectivity index (χ0) is 20.7. The number of carboxylic acid groups (broad SMARTS) is 1. The van der Waals surface area contributed by atoms with Crippen molar-refractivity contribution in [3.63, 3.8) is 0 Å². The Labute approximate surface area is 167 Å². The van der Waals surface area contributed by atoms with Crippen molar-refractivity contribution >= 4 is 17.4 Å². The maximum Gasteiger partial charge on any atom is 0.311 e. The molecule has 0 saturated heterocycles. The molecule has 1 aromatic rings. The van der Waals surface area contributed by atoms with E-state index >= 15 is 0 Å². The second kappa shape index (κ2) is 9.58. The minimum atomic E-state index is -1.23. The number of allylic oxidation sites excluding steroid dienone is 3. The standard InChI is InChI=1S/C23H31NO4/c1-4-6-14-24(15-7-5-2)17-11-12-18(20(25)16-17)21(26)23(3)13-9-8-10-19(23)22(27)28/h8-13,16,19,25H,4-7,14-15H2,1-3H3,(H,27,28). The van der Waals surface area contributed by atoms with Gasteiger partial charge in [-0.25, -0.2) is 0 Å². The molecule has 5 nitrogen and oxygen atoms in total. The van der Waals surface area contributed by atoms with Crippen LogP contribution in [0.5, 0.6) is 5.75 Å². The number of Topliss-reactive ketones (excluding diaryl/α,β-unsaturated/α-hetero) is 1. The van der Waals surface area contributed by atoms with E-state index in [9.17, 15) is 19.8 Å². The van der Waals surface area contributed by atoms with Gasteiger partial charge in [-0.2, -0.15) is 0 Å². The third-order valence-electron chi connectivity index (χ3n) is 5.41. The van der Waals surface area contributed by atoms with Crippen LogP contribution in [-0.4, -0.2) is 35.1 Å². The fourth-order valence-electron chi connectivity index (χ4n) is 3.56. The summed E-state index contributed by atoms with van der Waals surface area (Å²) >= 11 is 0. The van der Waals surface area contributed by atoms with Crippen LogP contribution in [0.1, 0.15) is 56.8 Å². The highest BCUT2D eigenvalue weighted by Crippen LogP contribution is 2.39. The number of carbonyl (C=O) groups excluding carboxylic acids is 1. The lowest BCUT2D eigenvalue weighted by Crippen LogP contribution is -2.39.